The van der Waals surface area contributed by atoms with Crippen LogP contribution in [0.2, 0.25) is 0 Å². The number of nitrogens with one attached hydrogen (secondary N) is 1. The first-order chi connectivity index (χ1) is 16.9. The number of benzene rings is 1. The number of aromatic nitrogens is 1. The van der Waals surface area contributed by atoms with E-state index in [0.29, 0.717) is 15.6 Å². The van der Waals surface area contributed by atoms with Gasteiger partial charge >= 0.3 is 5.97 Å². The number of nitrogens with zero attached hydrogens (tertiary/aromatic N) is 2. The normalized spacial score (nSPS) is 17.7. The highest BCUT2D eigenvalue weighted by Crippen LogP contribution is 2.39. The molecular formula is C27H27N3O3S2. The number of carbonyl (C=O) groups excluding carboxylic acids is 1. The summed E-state index contributed by atoms with van der Waals surface area (Å²) < 4.78 is 2.03. The molecule has 2 N–H and O–H groups in total. The zero-order valence-electron chi connectivity index (χ0n) is 20.0. The standard InChI is InChI=1S/C27H27N3O3S2/c1-4-17-9-11-19(12-10-17)28-27-29-24(31)22(35-27)14-18-13-15(2)30(16(18)3)25-23(26(32)33)20-7-5-6-8-21(20)34-25/h9-14H,4-8H2,1-3H3,(H,32,33)(H,28,29,31)/b22-14-. The van der Waals surface area contributed by atoms with E-state index in [1.165, 1.54) is 22.2 Å². The van der Waals surface area contributed by atoms with Crippen molar-refractivity contribution >= 4 is 51.9 Å². The van der Waals surface area contributed by atoms with Gasteiger partial charge in [0, 0.05) is 16.3 Å². The van der Waals surface area contributed by atoms with E-state index in [-0.39, 0.29) is 5.91 Å². The van der Waals surface area contributed by atoms with Gasteiger partial charge in [0.05, 0.1) is 16.2 Å². The maximum atomic E-state index is 12.7. The van der Waals surface area contributed by atoms with E-state index in [1.807, 2.05) is 54.8 Å². The molecule has 1 aliphatic heterocycles. The molecule has 3 aromatic rings. The number of amides is 1. The van der Waals surface area contributed by atoms with Crippen molar-refractivity contribution in [3.63, 3.8) is 0 Å². The quantitative estimate of drug-likeness (QED) is 0.405. The van der Waals surface area contributed by atoms with Crippen LogP contribution in [0.3, 0.4) is 0 Å². The van der Waals surface area contributed by atoms with E-state index in [1.54, 1.807) is 11.3 Å². The zero-order chi connectivity index (χ0) is 24.7. The van der Waals surface area contributed by atoms with E-state index < -0.39 is 5.97 Å². The fraction of sp³-hybridized carbons (Fsp3) is 0.296. The Morgan fingerprint density at radius 3 is 2.66 bits per heavy atom. The molecule has 180 valence electrons. The third kappa shape index (κ3) is 4.48. The summed E-state index contributed by atoms with van der Waals surface area (Å²) in [5, 5.41) is 14.2. The van der Waals surface area contributed by atoms with Crippen LogP contribution in [0.4, 0.5) is 5.69 Å². The highest BCUT2D eigenvalue weighted by molar-refractivity contribution is 8.18. The monoisotopic (exact) mass is 505 g/mol. The second kappa shape index (κ2) is 9.51. The molecule has 6 nitrogen and oxygen atoms in total. The lowest BCUT2D eigenvalue weighted by molar-refractivity contribution is -0.115. The Kier molecular flexibility index (Phi) is 6.42. The summed E-state index contributed by atoms with van der Waals surface area (Å²) in [7, 11) is 0. The number of aryl methyl sites for hydroxylation is 3. The van der Waals surface area contributed by atoms with Crippen LogP contribution < -0.4 is 5.32 Å². The van der Waals surface area contributed by atoms with Gasteiger partial charge in [0.1, 0.15) is 5.00 Å². The van der Waals surface area contributed by atoms with E-state index in [9.17, 15) is 14.7 Å². The number of carboxylic acids is 1. The number of thioether (sulfide) groups is 1. The lowest BCUT2D eigenvalue weighted by Crippen LogP contribution is -2.19. The fourth-order valence-electron chi connectivity index (χ4n) is 4.72. The average Bonchev–Trinajstić information content (AvgIpc) is 3.47. The Morgan fingerprint density at radius 1 is 1.20 bits per heavy atom. The van der Waals surface area contributed by atoms with E-state index >= 15 is 0 Å². The Hall–Kier alpha value is -3.10. The van der Waals surface area contributed by atoms with Crippen LogP contribution in [0.15, 0.2) is 40.2 Å². The summed E-state index contributed by atoms with van der Waals surface area (Å²) in [6, 6.07) is 10.0. The minimum atomic E-state index is -0.870. The summed E-state index contributed by atoms with van der Waals surface area (Å²) in [6.45, 7) is 6.07. The summed E-state index contributed by atoms with van der Waals surface area (Å²) in [5.74, 6) is -1.05. The maximum Gasteiger partial charge on any atom is 0.339 e. The number of thiophene rings is 1. The van der Waals surface area contributed by atoms with Gasteiger partial charge in [-0.1, -0.05) is 19.1 Å². The Balaban J connectivity index is 1.47. The van der Waals surface area contributed by atoms with Crippen LogP contribution in [0.25, 0.3) is 11.1 Å². The van der Waals surface area contributed by atoms with Gasteiger partial charge in [-0.15, -0.1) is 11.3 Å². The molecule has 0 atom stereocenters. The predicted molar refractivity (Wildman–Crippen MR) is 143 cm³/mol. The van der Waals surface area contributed by atoms with Gasteiger partial charge in [-0.25, -0.2) is 9.79 Å². The molecule has 1 fully saturated rings. The molecule has 0 radical (unpaired) electrons. The number of aromatic carboxylic acids is 1. The molecule has 0 unspecified atom stereocenters. The van der Waals surface area contributed by atoms with Gasteiger partial charge in [0.25, 0.3) is 5.91 Å². The first-order valence-electron chi connectivity index (χ1n) is 11.8. The van der Waals surface area contributed by atoms with Crippen molar-refractivity contribution in [2.45, 2.75) is 52.9 Å². The van der Waals surface area contributed by atoms with E-state index in [0.717, 1.165) is 65.3 Å². The smallest absolute Gasteiger partial charge is 0.339 e. The Labute approximate surface area is 212 Å². The lowest BCUT2D eigenvalue weighted by atomic mass is 9.95. The summed E-state index contributed by atoms with van der Waals surface area (Å²) in [6.07, 6.45) is 6.74. The van der Waals surface area contributed by atoms with Crippen LogP contribution in [-0.4, -0.2) is 26.7 Å². The Bertz CT molecular complexity index is 1390. The van der Waals surface area contributed by atoms with Gasteiger partial charge in [0.2, 0.25) is 0 Å². The number of fused-ring (bicyclic) bond motifs is 1. The first-order valence-corrected chi connectivity index (χ1v) is 13.4. The van der Waals surface area contributed by atoms with Crippen molar-refractivity contribution < 1.29 is 14.7 Å². The molecule has 0 saturated carbocycles. The molecule has 3 heterocycles. The van der Waals surface area contributed by atoms with E-state index in [4.69, 9.17) is 0 Å². The SMILES string of the molecule is CCc1ccc(N=C2NC(=O)/C(=C/c3cc(C)n(-c4sc5c(c4C(=O)O)CCCC5)c3C)S2)cc1. The van der Waals surface area contributed by atoms with Crippen LogP contribution in [0.5, 0.6) is 0 Å². The molecular weight excluding hydrogens is 478 g/mol. The minimum absolute atomic E-state index is 0.179. The lowest BCUT2D eigenvalue weighted by Gasteiger charge is -2.11. The molecule has 8 heteroatoms. The van der Waals surface area contributed by atoms with E-state index in [2.05, 4.69) is 17.2 Å². The summed E-state index contributed by atoms with van der Waals surface area (Å²) >= 11 is 2.91. The number of amidine groups is 1. The van der Waals surface area contributed by atoms with Crippen molar-refractivity contribution in [1.82, 2.24) is 9.88 Å². The molecule has 35 heavy (non-hydrogen) atoms. The highest BCUT2D eigenvalue weighted by atomic mass is 32.2. The molecule has 1 aromatic carbocycles. The topological polar surface area (TPSA) is 83.7 Å². The fourth-order valence-corrected chi connectivity index (χ4v) is 7.05. The third-order valence-electron chi connectivity index (χ3n) is 6.55. The number of hydrogen-bond acceptors (Lipinski definition) is 5. The minimum Gasteiger partial charge on any atom is -0.478 e. The van der Waals surface area contributed by atoms with Crippen molar-refractivity contribution in [2.24, 2.45) is 4.99 Å². The average molecular weight is 506 g/mol. The van der Waals surface area contributed by atoms with Crippen molar-refractivity contribution in [3.05, 3.63) is 73.8 Å². The van der Waals surface area contributed by atoms with Gasteiger partial charge in [-0.3, -0.25) is 4.79 Å². The van der Waals surface area contributed by atoms with Crippen LogP contribution in [0.1, 0.15) is 63.1 Å². The van der Waals surface area contributed by atoms with Gasteiger partial charge in [0.15, 0.2) is 5.17 Å². The zero-order valence-corrected chi connectivity index (χ0v) is 21.6. The number of carbonyl (C=O) groups is 2. The number of hydrogen-bond donors (Lipinski definition) is 2. The molecule has 1 aliphatic carbocycles. The Morgan fingerprint density at radius 2 is 1.94 bits per heavy atom. The number of rotatable bonds is 5. The molecule has 0 bridgehead atoms. The molecule has 2 aromatic heterocycles. The van der Waals surface area contributed by atoms with Crippen molar-refractivity contribution in [1.29, 1.82) is 0 Å². The second-order valence-corrected chi connectivity index (χ2v) is 11.0. The van der Waals surface area contributed by atoms with Gasteiger partial charge < -0.3 is 15.0 Å². The number of aliphatic imine (C=N–C) groups is 1. The summed E-state index contributed by atoms with van der Waals surface area (Å²) in [5.41, 5.74) is 6.24. The number of carboxylic acid groups (broad SMARTS) is 1. The van der Waals surface area contributed by atoms with Gasteiger partial charge in [-0.2, -0.15) is 0 Å². The second-order valence-electron chi connectivity index (χ2n) is 8.86. The molecule has 2 aliphatic rings. The van der Waals surface area contributed by atoms with Crippen LogP contribution >= 0.6 is 23.1 Å². The highest BCUT2D eigenvalue weighted by Gasteiger charge is 2.28. The molecule has 5 rings (SSSR count). The summed E-state index contributed by atoms with van der Waals surface area (Å²) in [4.78, 5) is 31.2. The largest absolute Gasteiger partial charge is 0.478 e. The van der Waals surface area contributed by atoms with Crippen LogP contribution in [-0.2, 0) is 24.1 Å². The predicted octanol–water partition coefficient (Wildman–Crippen LogP) is 6.19. The van der Waals surface area contributed by atoms with Gasteiger partial charge in [-0.05, 0) is 98.7 Å². The molecule has 0 spiro atoms. The molecule has 1 amide bonds. The van der Waals surface area contributed by atoms with Crippen molar-refractivity contribution in [2.75, 3.05) is 0 Å². The first kappa shape index (κ1) is 23.6. The molecule has 1 saturated heterocycles. The third-order valence-corrected chi connectivity index (χ3v) is 8.74. The van der Waals surface area contributed by atoms with Crippen LogP contribution in [0, 0.1) is 13.8 Å². The maximum absolute atomic E-state index is 12.7. The van der Waals surface area contributed by atoms with Crippen molar-refractivity contribution in [3.8, 4) is 5.00 Å².